The molecular formula is C16H17ClN2O5. The maximum absolute atomic E-state index is 12.2. The lowest BCUT2D eigenvalue weighted by molar-refractivity contribution is -0.149. The molecule has 0 saturated heterocycles. The molecule has 2 aromatic rings. The van der Waals surface area contributed by atoms with Crippen LogP contribution >= 0.6 is 11.6 Å². The number of ether oxygens (including phenoxy) is 1. The molecule has 1 aromatic heterocycles. The summed E-state index contributed by atoms with van der Waals surface area (Å²) in [5, 5.41) is 22.3. The van der Waals surface area contributed by atoms with Crippen molar-refractivity contribution in [2.75, 3.05) is 7.11 Å². The Bertz CT molecular complexity index is 807. The number of aromatic hydroxyl groups is 1. The van der Waals surface area contributed by atoms with E-state index < -0.39 is 18.1 Å². The molecule has 1 atom stereocenters. The molecule has 24 heavy (non-hydrogen) atoms. The molecule has 7 nitrogen and oxygen atoms in total. The molecule has 0 radical (unpaired) electrons. The van der Waals surface area contributed by atoms with Gasteiger partial charge in [0.15, 0.2) is 11.4 Å². The lowest BCUT2D eigenvalue weighted by atomic mass is 9.99. The molecule has 8 heteroatoms. The van der Waals surface area contributed by atoms with Gasteiger partial charge in [0.05, 0.1) is 0 Å². The highest BCUT2D eigenvalue weighted by Gasteiger charge is 2.24. The van der Waals surface area contributed by atoms with E-state index >= 15 is 0 Å². The Morgan fingerprint density at radius 2 is 1.96 bits per heavy atom. The normalized spacial score (nSPS) is 12.4. The zero-order valence-electron chi connectivity index (χ0n) is 13.3. The van der Waals surface area contributed by atoms with Gasteiger partial charge in [0.2, 0.25) is 6.23 Å². The van der Waals surface area contributed by atoms with E-state index in [-0.39, 0.29) is 22.5 Å². The van der Waals surface area contributed by atoms with Crippen LogP contribution in [-0.2, 0) is 9.53 Å². The zero-order chi connectivity index (χ0) is 18.0. The number of carbonyl (C=O) groups is 2. The largest absolute Gasteiger partial charge is 0.505 e. The first-order valence-corrected chi connectivity index (χ1v) is 7.52. The van der Waals surface area contributed by atoms with Gasteiger partial charge < -0.3 is 20.3 Å². The summed E-state index contributed by atoms with van der Waals surface area (Å²) in [6.45, 7) is 3.98. The number of rotatable bonds is 5. The van der Waals surface area contributed by atoms with Crippen molar-refractivity contribution in [3.8, 4) is 5.75 Å². The fourth-order valence-corrected chi connectivity index (χ4v) is 2.45. The lowest BCUT2D eigenvalue weighted by Gasteiger charge is -2.14. The second-order valence-electron chi connectivity index (χ2n) is 5.49. The van der Waals surface area contributed by atoms with Crippen molar-refractivity contribution >= 4 is 34.2 Å². The van der Waals surface area contributed by atoms with Gasteiger partial charge >= 0.3 is 5.97 Å². The van der Waals surface area contributed by atoms with E-state index in [0.29, 0.717) is 10.8 Å². The van der Waals surface area contributed by atoms with Crippen LogP contribution in [0, 0.1) is 0 Å². The van der Waals surface area contributed by atoms with Crippen LogP contribution in [0.5, 0.6) is 5.75 Å². The summed E-state index contributed by atoms with van der Waals surface area (Å²) < 4.78 is 4.64. The minimum absolute atomic E-state index is 0.0348. The van der Waals surface area contributed by atoms with Crippen LogP contribution in [0.4, 0.5) is 0 Å². The molecule has 3 N–H and O–H groups in total. The molecule has 0 aliphatic rings. The highest BCUT2D eigenvalue weighted by Crippen LogP contribution is 2.34. The van der Waals surface area contributed by atoms with Gasteiger partial charge in [-0.25, -0.2) is 9.78 Å². The number of benzene rings is 1. The molecule has 0 aliphatic heterocycles. The number of hydrogen-bond acceptors (Lipinski definition) is 5. The number of aliphatic carboxylic acids is 1. The molecule has 1 aromatic carbocycles. The summed E-state index contributed by atoms with van der Waals surface area (Å²) in [4.78, 5) is 27.0. The highest BCUT2D eigenvalue weighted by molar-refractivity contribution is 6.35. The predicted octanol–water partition coefficient (Wildman–Crippen LogP) is 2.50. The number of halogens is 1. The maximum Gasteiger partial charge on any atom is 0.354 e. The molecule has 1 amide bonds. The Kier molecular flexibility index (Phi) is 5.26. The van der Waals surface area contributed by atoms with Gasteiger partial charge in [0.1, 0.15) is 5.15 Å². The van der Waals surface area contributed by atoms with E-state index in [2.05, 4.69) is 15.0 Å². The molecule has 0 saturated carbocycles. The van der Waals surface area contributed by atoms with E-state index in [4.69, 9.17) is 16.7 Å². The van der Waals surface area contributed by atoms with E-state index in [1.807, 2.05) is 19.9 Å². The first kappa shape index (κ1) is 18.0. The minimum atomic E-state index is -1.56. The number of carboxylic acid groups (broad SMARTS) is 1. The third-order valence-electron chi connectivity index (χ3n) is 3.56. The molecule has 0 fully saturated rings. The van der Waals surface area contributed by atoms with Crippen LogP contribution in [0.25, 0.3) is 10.8 Å². The second kappa shape index (κ2) is 7.02. The van der Waals surface area contributed by atoms with Crippen molar-refractivity contribution in [2.24, 2.45) is 0 Å². The molecular weight excluding hydrogens is 336 g/mol. The predicted molar refractivity (Wildman–Crippen MR) is 88.4 cm³/mol. The van der Waals surface area contributed by atoms with Crippen LogP contribution in [0.3, 0.4) is 0 Å². The Hall–Kier alpha value is -2.38. The van der Waals surface area contributed by atoms with Crippen LogP contribution < -0.4 is 5.32 Å². The van der Waals surface area contributed by atoms with E-state index in [1.54, 1.807) is 12.1 Å². The van der Waals surface area contributed by atoms with Gasteiger partial charge in [-0.05, 0) is 17.5 Å². The van der Waals surface area contributed by atoms with Gasteiger partial charge in [-0.3, -0.25) is 4.79 Å². The van der Waals surface area contributed by atoms with Gasteiger partial charge in [-0.2, -0.15) is 0 Å². The molecule has 0 aliphatic carbocycles. The fraction of sp³-hybridized carbons (Fsp3) is 0.312. The number of fused-ring (bicyclic) bond motifs is 1. The molecule has 2 rings (SSSR count). The van der Waals surface area contributed by atoms with Gasteiger partial charge in [-0.1, -0.05) is 37.6 Å². The van der Waals surface area contributed by atoms with Gasteiger partial charge in [0, 0.05) is 17.9 Å². The minimum Gasteiger partial charge on any atom is -0.505 e. The molecule has 128 valence electrons. The third-order valence-corrected chi connectivity index (χ3v) is 3.85. The summed E-state index contributed by atoms with van der Waals surface area (Å²) >= 11 is 6.09. The lowest BCUT2D eigenvalue weighted by Crippen LogP contribution is -2.42. The van der Waals surface area contributed by atoms with Crippen LogP contribution in [0.15, 0.2) is 18.2 Å². The van der Waals surface area contributed by atoms with Crippen molar-refractivity contribution in [2.45, 2.75) is 26.0 Å². The number of methoxy groups -OCH3 is 1. The summed E-state index contributed by atoms with van der Waals surface area (Å²) in [5.74, 6) is -2.43. The van der Waals surface area contributed by atoms with Gasteiger partial charge in [0.25, 0.3) is 5.91 Å². The van der Waals surface area contributed by atoms with Crippen LogP contribution in [0.2, 0.25) is 5.15 Å². The number of pyridine rings is 1. The van der Waals surface area contributed by atoms with E-state index in [0.717, 1.165) is 12.7 Å². The number of carbonyl (C=O) groups excluding carboxylic acids is 1. The molecule has 0 bridgehead atoms. The fourth-order valence-electron chi connectivity index (χ4n) is 2.20. The SMILES string of the molecule is COC(NC(=O)c1nc(Cl)c2ccc(C(C)C)cc2c1O)C(=O)O. The number of nitrogens with one attached hydrogen (secondary N) is 1. The Morgan fingerprint density at radius 3 is 2.50 bits per heavy atom. The summed E-state index contributed by atoms with van der Waals surface area (Å²) in [5.41, 5.74) is 0.587. The standard InChI is InChI=1S/C16H17ClN2O5/c1-7(2)8-4-5-9-10(6-8)12(20)11(18-13(9)17)14(21)19-15(24-3)16(22)23/h4-7,15,20H,1-3H3,(H,19,21)(H,22,23). The van der Waals surface area contributed by atoms with Crippen LogP contribution in [-0.4, -0.2) is 40.4 Å². The number of aromatic nitrogens is 1. The van der Waals surface area contributed by atoms with Crippen molar-refractivity contribution in [3.05, 3.63) is 34.6 Å². The van der Waals surface area contributed by atoms with Crippen molar-refractivity contribution in [1.82, 2.24) is 10.3 Å². The summed E-state index contributed by atoms with van der Waals surface area (Å²) in [6.07, 6.45) is -1.56. The maximum atomic E-state index is 12.2. The summed E-state index contributed by atoms with van der Waals surface area (Å²) in [6, 6.07) is 5.31. The molecule has 1 heterocycles. The van der Waals surface area contributed by atoms with E-state index in [9.17, 15) is 14.7 Å². The highest BCUT2D eigenvalue weighted by atomic mass is 35.5. The number of carboxylic acids is 1. The quantitative estimate of drug-likeness (QED) is 0.563. The van der Waals surface area contributed by atoms with Crippen molar-refractivity contribution in [1.29, 1.82) is 0 Å². The first-order chi connectivity index (χ1) is 11.3. The number of hydrogen-bond donors (Lipinski definition) is 3. The number of amides is 1. The Morgan fingerprint density at radius 1 is 1.29 bits per heavy atom. The van der Waals surface area contributed by atoms with Crippen molar-refractivity contribution in [3.63, 3.8) is 0 Å². The second-order valence-corrected chi connectivity index (χ2v) is 5.85. The molecule has 0 spiro atoms. The average molecular weight is 353 g/mol. The Balaban J connectivity index is 2.53. The average Bonchev–Trinajstić information content (AvgIpc) is 2.54. The third kappa shape index (κ3) is 3.42. The van der Waals surface area contributed by atoms with Crippen LogP contribution in [0.1, 0.15) is 35.8 Å². The van der Waals surface area contributed by atoms with Gasteiger partial charge in [-0.15, -0.1) is 0 Å². The monoisotopic (exact) mass is 352 g/mol. The molecule has 1 unspecified atom stereocenters. The zero-order valence-corrected chi connectivity index (χ0v) is 14.1. The Labute approximate surface area is 143 Å². The van der Waals surface area contributed by atoms with E-state index in [1.165, 1.54) is 0 Å². The smallest absolute Gasteiger partial charge is 0.354 e. The summed E-state index contributed by atoms with van der Waals surface area (Å²) in [7, 11) is 1.13. The topological polar surface area (TPSA) is 109 Å². The first-order valence-electron chi connectivity index (χ1n) is 7.14. The van der Waals surface area contributed by atoms with Crippen molar-refractivity contribution < 1.29 is 24.5 Å². The number of nitrogens with zero attached hydrogens (tertiary/aromatic N) is 1.